The minimum Gasteiger partial charge on any atom is -0.366 e. The number of fused-ring (bicyclic) bond motifs is 1. The number of halogens is 3. The first-order valence-corrected chi connectivity index (χ1v) is 12.5. The lowest BCUT2D eigenvalue weighted by atomic mass is 10.1. The van der Waals surface area contributed by atoms with Gasteiger partial charge in [0.05, 0.1) is 16.2 Å². The molecule has 2 N–H and O–H groups in total. The van der Waals surface area contributed by atoms with Gasteiger partial charge in [-0.05, 0) is 53.6 Å². The smallest absolute Gasteiger partial charge is 0.366 e. The highest BCUT2D eigenvalue weighted by molar-refractivity contribution is 7.91. The van der Waals surface area contributed by atoms with Crippen molar-refractivity contribution >= 4 is 26.6 Å². The van der Waals surface area contributed by atoms with Crippen molar-refractivity contribution in [2.45, 2.75) is 31.0 Å². The summed E-state index contributed by atoms with van der Waals surface area (Å²) in [7, 11) is -3.34. The van der Waals surface area contributed by atoms with Gasteiger partial charge in [0.1, 0.15) is 0 Å². The highest BCUT2D eigenvalue weighted by Gasteiger charge is 2.33. The summed E-state index contributed by atoms with van der Waals surface area (Å²) in [6.45, 7) is 1.54. The van der Waals surface area contributed by atoms with Gasteiger partial charge in [-0.3, -0.25) is 4.79 Å². The molecule has 0 radical (unpaired) electrons. The number of primary amides is 1. The molecule has 0 unspecified atom stereocenters. The number of hydrogen-bond acceptors (Lipinski definition) is 3. The molecule has 1 amide bonds. The molecule has 4 aromatic rings. The van der Waals surface area contributed by atoms with Crippen molar-refractivity contribution < 1.29 is 26.4 Å². The molecule has 0 fully saturated rings. The summed E-state index contributed by atoms with van der Waals surface area (Å²) < 4.78 is 66.9. The number of nitrogens with zero attached hydrogens (tertiary/aromatic N) is 1. The Labute approximate surface area is 200 Å². The summed E-state index contributed by atoms with van der Waals surface area (Å²) in [5.41, 5.74) is 7.27. The zero-order valence-electron chi connectivity index (χ0n) is 18.8. The maximum Gasteiger partial charge on any atom is 0.416 e. The van der Waals surface area contributed by atoms with Crippen molar-refractivity contribution in [2.24, 2.45) is 5.73 Å². The van der Waals surface area contributed by atoms with Crippen LogP contribution in [0.3, 0.4) is 0 Å². The first kappa shape index (κ1) is 24.5. The van der Waals surface area contributed by atoms with E-state index in [4.69, 9.17) is 5.73 Å². The van der Waals surface area contributed by atoms with Crippen molar-refractivity contribution in [3.63, 3.8) is 0 Å². The van der Waals surface area contributed by atoms with E-state index in [9.17, 15) is 26.4 Å². The molecule has 1 heterocycles. The summed E-state index contributed by atoms with van der Waals surface area (Å²) in [5, 5.41) is 0.672. The second kappa shape index (κ2) is 9.22. The van der Waals surface area contributed by atoms with E-state index in [2.05, 4.69) is 0 Å². The Morgan fingerprint density at radius 2 is 1.66 bits per heavy atom. The Balaban J connectivity index is 1.80. The fraction of sp³-hybridized carbons (Fsp3) is 0.192. The van der Waals surface area contributed by atoms with Crippen LogP contribution in [-0.4, -0.2) is 24.6 Å². The average molecular weight is 501 g/mol. The third-order valence-electron chi connectivity index (χ3n) is 5.97. The molecule has 0 bridgehead atoms. The normalized spacial score (nSPS) is 12.2. The Bertz CT molecular complexity index is 1510. The van der Waals surface area contributed by atoms with E-state index in [1.54, 1.807) is 47.9 Å². The number of aromatic nitrogens is 1. The minimum atomic E-state index is -4.50. The number of carbonyl (C=O) groups excluding carboxylic acids is 1. The molecule has 0 aliphatic rings. The van der Waals surface area contributed by atoms with E-state index in [0.29, 0.717) is 28.6 Å². The van der Waals surface area contributed by atoms with Crippen LogP contribution in [0.2, 0.25) is 0 Å². The molecule has 0 atom stereocenters. The Hall–Kier alpha value is -3.59. The number of rotatable bonds is 7. The summed E-state index contributed by atoms with van der Waals surface area (Å²) in [4.78, 5) is 11.9. The predicted octanol–water partition coefficient (Wildman–Crippen LogP) is 5.19. The maximum absolute atomic E-state index is 13.6. The molecular weight excluding hydrogens is 477 g/mol. The van der Waals surface area contributed by atoms with Crippen LogP contribution in [0.4, 0.5) is 13.2 Å². The first-order chi connectivity index (χ1) is 16.5. The number of nitrogens with two attached hydrogens (primary N) is 1. The molecule has 0 aliphatic heterocycles. The SMILES string of the molecule is CCS(=O)(=O)c1ccc(Cc2cc3cc(C(N)=O)ccc3n2Cc2ccccc2C(F)(F)F)cc1. The van der Waals surface area contributed by atoms with Gasteiger partial charge in [0.2, 0.25) is 5.91 Å². The van der Waals surface area contributed by atoms with Gasteiger partial charge < -0.3 is 10.3 Å². The monoisotopic (exact) mass is 500 g/mol. The third-order valence-corrected chi connectivity index (χ3v) is 7.72. The van der Waals surface area contributed by atoms with Gasteiger partial charge in [-0.1, -0.05) is 37.3 Å². The topological polar surface area (TPSA) is 82.2 Å². The molecular formula is C26H23F3N2O3S. The van der Waals surface area contributed by atoms with Crippen LogP contribution in [0, 0.1) is 0 Å². The second-order valence-electron chi connectivity index (χ2n) is 8.24. The van der Waals surface area contributed by atoms with Crippen LogP contribution in [0.25, 0.3) is 10.9 Å². The van der Waals surface area contributed by atoms with Gasteiger partial charge in [-0.15, -0.1) is 0 Å². The van der Waals surface area contributed by atoms with Crippen LogP contribution in [0.1, 0.15) is 39.7 Å². The van der Waals surface area contributed by atoms with Crippen molar-refractivity contribution in [1.82, 2.24) is 4.57 Å². The summed E-state index contributed by atoms with van der Waals surface area (Å²) >= 11 is 0. The van der Waals surface area contributed by atoms with Crippen molar-refractivity contribution in [3.05, 3.63) is 101 Å². The number of alkyl halides is 3. The molecule has 0 spiro atoms. The summed E-state index contributed by atoms with van der Waals surface area (Å²) in [5.74, 6) is -0.613. The molecule has 4 rings (SSSR count). The lowest BCUT2D eigenvalue weighted by Crippen LogP contribution is -2.13. The van der Waals surface area contributed by atoms with Crippen LogP contribution in [-0.2, 0) is 29.0 Å². The predicted molar refractivity (Wildman–Crippen MR) is 128 cm³/mol. The molecule has 9 heteroatoms. The van der Waals surface area contributed by atoms with E-state index in [-0.39, 0.29) is 22.8 Å². The highest BCUT2D eigenvalue weighted by atomic mass is 32.2. The van der Waals surface area contributed by atoms with Gasteiger partial charge in [-0.25, -0.2) is 8.42 Å². The molecule has 182 valence electrons. The highest BCUT2D eigenvalue weighted by Crippen LogP contribution is 2.33. The molecule has 3 aromatic carbocycles. The van der Waals surface area contributed by atoms with Crippen molar-refractivity contribution in [3.8, 4) is 0 Å². The molecule has 5 nitrogen and oxygen atoms in total. The number of carbonyl (C=O) groups is 1. The third kappa shape index (κ3) is 5.09. The minimum absolute atomic E-state index is 0.0125. The van der Waals surface area contributed by atoms with E-state index >= 15 is 0 Å². The summed E-state index contributed by atoms with van der Waals surface area (Å²) in [6.07, 6.45) is -4.15. The van der Waals surface area contributed by atoms with Crippen LogP contribution >= 0.6 is 0 Å². The van der Waals surface area contributed by atoms with Crippen LogP contribution in [0.5, 0.6) is 0 Å². The van der Waals surface area contributed by atoms with E-state index < -0.39 is 27.5 Å². The zero-order chi connectivity index (χ0) is 25.4. The largest absolute Gasteiger partial charge is 0.416 e. The number of amides is 1. The fourth-order valence-corrected chi connectivity index (χ4v) is 4.99. The number of benzene rings is 3. The summed E-state index contributed by atoms with van der Waals surface area (Å²) in [6, 6.07) is 18.5. The van der Waals surface area contributed by atoms with E-state index in [1.165, 1.54) is 24.3 Å². The first-order valence-electron chi connectivity index (χ1n) is 10.9. The molecule has 0 saturated carbocycles. The Morgan fingerprint density at radius 3 is 2.29 bits per heavy atom. The van der Waals surface area contributed by atoms with Gasteiger partial charge in [0.25, 0.3) is 0 Å². The van der Waals surface area contributed by atoms with Crippen molar-refractivity contribution in [1.29, 1.82) is 0 Å². The lowest BCUT2D eigenvalue weighted by Gasteiger charge is -2.16. The molecule has 0 saturated heterocycles. The standard InChI is InChI=1S/C26H23F3N2O3S/c1-2-35(33,34)22-10-7-17(8-11-22)13-21-15-20-14-18(25(30)32)9-12-24(20)31(21)16-19-5-3-4-6-23(19)26(27,28)29/h3-12,14-15H,2,13,16H2,1H3,(H2,30,32). The number of sulfone groups is 1. The van der Waals surface area contributed by atoms with E-state index in [0.717, 1.165) is 11.6 Å². The molecule has 0 aliphatic carbocycles. The van der Waals surface area contributed by atoms with Crippen molar-refractivity contribution in [2.75, 3.05) is 5.75 Å². The van der Waals surface area contributed by atoms with Gasteiger partial charge in [0.15, 0.2) is 9.84 Å². The Morgan fingerprint density at radius 1 is 0.971 bits per heavy atom. The zero-order valence-corrected chi connectivity index (χ0v) is 19.7. The number of hydrogen-bond donors (Lipinski definition) is 1. The fourth-order valence-electron chi connectivity index (χ4n) is 4.11. The van der Waals surface area contributed by atoms with Crippen LogP contribution in [0.15, 0.2) is 77.7 Å². The van der Waals surface area contributed by atoms with Crippen LogP contribution < -0.4 is 5.73 Å². The molecule has 35 heavy (non-hydrogen) atoms. The average Bonchev–Trinajstić information content (AvgIpc) is 3.15. The van der Waals surface area contributed by atoms with Gasteiger partial charge in [-0.2, -0.15) is 13.2 Å². The lowest BCUT2D eigenvalue weighted by molar-refractivity contribution is -0.138. The van der Waals surface area contributed by atoms with Gasteiger partial charge >= 0.3 is 6.18 Å². The quantitative estimate of drug-likeness (QED) is 0.379. The second-order valence-corrected chi connectivity index (χ2v) is 10.5. The Kier molecular flexibility index (Phi) is 6.46. The van der Waals surface area contributed by atoms with E-state index in [1.807, 2.05) is 6.07 Å². The molecule has 1 aromatic heterocycles. The van der Waals surface area contributed by atoms with Gasteiger partial charge in [0, 0.05) is 35.1 Å². The maximum atomic E-state index is 13.6.